The SMILES string of the molecule is N#C[N+](=[N-])C#N.c1ccccc1. The summed E-state index contributed by atoms with van der Waals surface area (Å²) in [6.07, 6.45) is 2.28. The van der Waals surface area contributed by atoms with Crippen molar-refractivity contribution >= 4 is 0 Å². The third-order valence-electron chi connectivity index (χ3n) is 0.856. The molecule has 0 saturated carbocycles. The summed E-state index contributed by atoms with van der Waals surface area (Å²) in [5.74, 6) is 0. The molecule has 0 saturated heterocycles. The van der Waals surface area contributed by atoms with Gasteiger partial charge in [-0.2, -0.15) is 4.70 Å². The standard InChI is InChI=1S/C6H6.C2N4/c1-2-4-6-5-3-1;3-1-6(5)2-4/h1-6H;. The minimum absolute atomic E-state index is 0.139. The molecule has 0 unspecified atom stereocenters. The minimum Gasteiger partial charge on any atom is -0.623 e. The Balaban J connectivity index is 0.000000202. The second-order valence-electron chi connectivity index (χ2n) is 1.67. The Bertz CT molecular complexity index is 261. The lowest BCUT2D eigenvalue weighted by Crippen LogP contribution is -1.81. The van der Waals surface area contributed by atoms with E-state index in [1.165, 1.54) is 0 Å². The summed E-state index contributed by atoms with van der Waals surface area (Å²) in [4.78, 5) is 0. The van der Waals surface area contributed by atoms with Crippen molar-refractivity contribution in [3.63, 3.8) is 0 Å². The van der Waals surface area contributed by atoms with Gasteiger partial charge in [0.15, 0.2) is 0 Å². The summed E-state index contributed by atoms with van der Waals surface area (Å²) < 4.78 is -0.139. The van der Waals surface area contributed by atoms with Gasteiger partial charge in [0.25, 0.3) is 0 Å². The zero-order valence-electron chi connectivity index (χ0n) is 6.25. The van der Waals surface area contributed by atoms with E-state index in [4.69, 9.17) is 16.1 Å². The van der Waals surface area contributed by atoms with Crippen LogP contribution < -0.4 is 0 Å². The zero-order valence-corrected chi connectivity index (χ0v) is 6.25. The first kappa shape index (κ1) is 9.80. The summed E-state index contributed by atoms with van der Waals surface area (Å²) in [5, 5.41) is 15.1. The van der Waals surface area contributed by atoms with Gasteiger partial charge in [0.05, 0.1) is 0 Å². The minimum atomic E-state index is -0.139. The predicted octanol–water partition coefficient (Wildman–Crippen LogP) is 1.67. The second-order valence-corrected chi connectivity index (χ2v) is 1.67. The van der Waals surface area contributed by atoms with E-state index < -0.39 is 0 Å². The quantitative estimate of drug-likeness (QED) is 0.249. The highest BCUT2D eigenvalue weighted by Crippen LogP contribution is 1.79. The number of hydrogen-bond acceptors (Lipinski definition) is 2. The molecule has 0 aliphatic carbocycles. The van der Waals surface area contributed by atoms with E-state index in [0.717, 1.165) is 12.4 Å². The zero-order chi connectivity index (χ0) is 9.23. The molecule has 0 N–H and O–H groups in total. The fraction of sp³-hybridized carbons (Fsp3) is 0. The molecule has 0 bridgehead atoms. The van der Waals surface area contributed by atoms with Crippen LogP contribution in [0.2, 0.25) is 0 Å². The van der Waals surface area contributed by atoms with Crippen molar-refractivity contribution in [2.45, 2.75) is 0 Å². The molecule has 0 spiro atoms. The number of rotatable bonds is 0. The van der Waals surface area contributed by atoms with Crippen LogP contribution in [0.4, 0.5) is 0 Å². The van der Waals surface area contributed by atoms with Crippen molar-refractivity contribution in [2.24, 2.45) is 0 Å². The van der Waals surface area contributed by atoms with Crippen LogP contribution in [0.1, 0.15) is 0 Å². The molecule has 0 radical (unpaired) electrons. The highest BCUT2D eigenvalue weighted by molar-refractivity contribution is 4.99. The average molecular weight is 158 g/mol. The topological polar surface area (TPSA) is 72.9 Å². The Hall–Kier alpha value is -2.20. The lowest BCUT2D eigenvalue weighted by molar-refractivity contribution is -0.362. The Morgan fingerprint density at radius 2 is 1.08 bits per heavy atom. The normalized spacial score (nSPS) is 6.50. The van der Waals surface area contributed by atoms with E-state index in [2.05, 4.69) is 0 Å². The summed E-state index contributed by atoms with van der Waals surface area (Å²) in [5.41, 5.74) is 7.78. The molecule has 0 amide bonds. The Morgan fingerprint density at radius 3 is 1.17 bits per heavy atom. The summed E-state index contributed by atoms with van der Waals surface area (Å²) in [7, 11) is 0. The van der Waals surface area contributed by atoms with Crippen molar-refractivity contribution in [1.82, 2.24) is 0 Å². The van der Waals surface area contributed by atoms with Crippen LogP contribution in [-0.4, -0.2) is 4.70 Å². The van der Waals surface area contributed by atoms with E-state index in [-0.39, 0.29) is 4.70 Å². The third-order valence-corrected chi connectivity index (χ3v) is 0.856. The fourth-order valence-electron chi connectivity index (χ4n) is 0.407. The molecule has 1 aromatic carbocycles. The molecule has 4 heteroatoms. The van der Waals surface area contributed by atoms with Crippen LogP contribution in [0.3, 0.4) is 0 Å². The Labute approximate surface area is 70.4 Å². The van der Waals surface area contributed by atoms with Crippen LogP contribution in [0.25, 0.3) is 5.53 Å². The maximum atomic E-state index is 7.78. The van der Waals surface area contributed by atoms with Gasteiger partial charge in [-0.15, -0.1) is 0 Å². The van der Waals surface area contributed by atoms with Gasteiger partial charge in [0.2, 0.25) is 0 Å². The highest BCUT2D eigenvalue weighted by Gasteiger charge is 1.73. The molecule has 0 fully saturated rings. The van der Waals surface area contributed by atoms with Gasteiger partial charge in [-0.3, -0.25) is 0 Å². The maximum absolute atomic E-state index is 7.78. The molecule has 0 heterocycles. The van der Waals surface area contributed by atoms with Gasteiger partial charge < -0.3 is 5.53 Å². The number of hydrogen-bond donors (Lipinski definition) is 0. The number of nitrogens with zero attached hydrogens (tertiary/aromatic N) is 4. The van der Waals surface area contributed by atoms with E-state index in [1.54, 1.807) is 0 Å². The summed E-state index contributed by atoms with van der Waals surface area (Å²) >= 11 is 0. The number of nitriles is 2. The van der Waals surface area contributed by atoms with Crippen LogP contribution >= 0.6 is 0 Å². The van der Waals surface area contributed by atoms with Crippen molar-refractivity contribution < 1.29 is 4.70 Å². The second kappa shape index (κ2) is 6.91. The lowest BCUT2D eigenvalue weighted by atomic mass is 10.4. The molecule has 58 valence electrons. The van der Waals surface area contributed by atoms with Gasteiger partial charge in [0.1, 0.15) is 0 Å². The summed E-state index contributed by atoms with van der Waals surface area (Å²) in [6.45, 7) is 0. The molecule has 12 heavy (non-hydrogen) atoms. The van der Waals surface area contributed by atoms with Crippen LogP contribution in [0.15, 0.2) is 36.4 Å². The monoisotopic (exact) mass is 158 g/mol. The molecule has 0 aromatic heterocycles. The fourth-order valence-corrected chi connectivity index (χ4v) is 0.407. The largest absolute Gasteiger partial charge is 0.623 e. The first-order chi connectivity index (χ1) is 5.81. The third kappa shape index (κ3) is 5.93. The van der Waals surface area contributed by atoms with Crippen LogP contribution in [0, 0.1) is 22.9 Å². The van der Waals surface area contributed by atoms with Crippen LogP contribution in [-0.2, 0) is 0 Å². The van der Waals surface area contributed by atoms with Crippen molar-refractivity contribution in [1.29, 1.82) is 10.5 Å². The van der Waals surface area contributed by atoms with Gasteiger partial charge in [-0.05, 0) is 0 Å². The van der Waals surface area contributed by atoms with Crippen molar-refractivity contribution in [2.75, 3.05) is 0 Å². The van der Waals surface area contributed by atoms with Gasteiger partial charge in [-0.1, -0.05) is 36.4 Å². The van der Waals surface area contributed by atoms with Gasteiger partial charge in [-0.25, -0.2) is 0 Å². The number of benzene rings is 1. The van der Waals surface area contributed by atoms with Gasteiger partial charge in [0, 0.05) is 10.5 Å². The molecule has 0 aliphatic rings. The molecule has 4 nitrogen and oxygen atoms in total. The lowest BCUT2D eigenvalue weighted by Gasteiger charge is -1.71. The molecular formula is C8H6N4. The van der Waals surface area contributed by atoms with E-state index in [0.29, 0.717) is 0 Å². The van der Waals surface area contributed by atoms with E-state index in [9.17, 15) is 0 Å². The Morgan fingerprint density at radius 1 is 0.833 bits per heavy atom. The van der Waals surface area contributed by atoms with Gasteiger partial charge >= 0.3 is 12.4 Å². The van der Waals surface area contributed by atoms with E-state index >= 15 is 0 Å². The first-order valence-electron chi connectivity index (χ1n) is 3.09. The van der Waals surface area contributed by atoms with Crippen molar-refractivity contribution in [3.8, 4) is 12.4 Å². The molecular weight excluding hydrogens is 152 g/mol. The van der Waals surface area contributed by atoms with E-state index in [1.807, 2.05) is 36.4 Å². The smallest absolute Gasteiger partial charge is 0.366 e. The summed E-state index contributed by atoms with van der Waals surface area (Å²) in [6, 6.07) is 12.0. The first-order valence-corrected chi connectivity index (χ1v) is 3.09. The predicted molar refractivity (Wildman–Crippen MR) is 41.3 cm³/mol. The molecule has 1 rings (SSSR count). The molecule has 1 aromatic rings. The van der Waals surface area contributed by atoms with Crippen LogP contribution in [0.5, 0.6) is 0 Å². The molecule has 0 atom stereocenters. The Kier molecular flexibility index (Phi) is 5.65. The van der Waals surface area contributed by atoms with Crippen molar-refractivity contribution in [3.05, 3.63) is 41.9 Å². The molecule has 0 aliphatic heterocycles. The maximum Gasteiger partial charge on any atom is 0.366 e. The average Bonchev–Trinajstić information content (AvgIpc) is 2.20. The highest BCUT2D eigenvalue weighted by atomic mass is 15.1.